The molecule has 2 N–H and O–H groups in total. The minimum atomic E-state index is 0. The van der Waals surface area contributed by atoms with Crippen LogP contribution in [-0.2, 0) is 11.2 Å². The summed E-state index contributed by atoms with van der Waals surface area (Å²) in [5.74, 6) is 0.432. The molecule has 5 heteroatoms. The molecule has 1 saturated heterocycles. The summed E-state index contributed by atoms with van der Waals surface area (Å²) in [5.41, 5.74) is 1.34. The topological polar surface area (TPSA) is 41.1 Å². The molecule has 21 heavy (non-hydrogen) atoms. The molecule has 1 amide bonds. The Labute approximate surface area is 135 Å². The minimum absolute atomic E-state index is 0. The highest BCUT2D eigenvalue weighted by Gasteiger charge is 2.20. The van der Waals surface area contributed by atoms with E-state index in [-0.39, 0.29) is 24.2 Å². The zero-order chi connectivity index (χ0) is 13.8. The largest absolute Gasteiger partial charge is 0.356 e. The highest BCUT2D eigenvalue weighted by molar-refractivity contribution is 7.17. The molecule has 3 rings (SSSR count). The zero-order valence-electron chi connectivity index (χ0n) is 11.9. The molecule has 1 aromatic heterocycles. The summed E-state index contributed by atoms with van der Waals surface area (Å²) in [5, 5.41) is 9.92. The van der Waals surface area contributed by atoms with Gasteiger partial charge in [-0.1, -0.05) is 18.2 Å². The molecule has 0 atom stereocenters. The molecule has 1 aliphatic heterocycles. The fourth-order valence-corrected chi connectivity index (χ4v) is 3.77. The Hall–Kier alpha value is -1.10. The molecule has 0 bridgehead atoms. The Balaban J connectivity index is 0.00000161. The molecule has 2 heterocycles. The van der Waals surface area contributed by atoms with Crippen LogP contribution >= 0.6 is 23.7 Å². The number of piperidine rings is 1. The number of thiophene rings is 1. The van der Waals surface area contributed by atoms with Crippen LogP contribution in [0.15, 0.2) is 29.6 Å². The van der Waals surface area contributed by atoms with Crippen molar-refractivity contribution in [3.05, 3.63) is 35.2 Å². The Bertz CT molecular complexity index is 593. The number of benzene rings is 1. The van der Waals surface area contributed by atoms with Crippen LogP contribution in [0, 0.1) is 5.92 Å². The lowest BCUT2D eigenvalue weighted by molar-refractivity contribution is -0.125. The van der Waals surface area contributed by atoms with Crippen molar-refractivity contribution in [3.8, 4) is 0 Å². The first-order valence-electron chi connectivity index (χ1n) is 7.28. The Morgan fingerprint density at radius 2 is 2.05 bits per heavy atom. The van der Waals surface area contributed by atoms with Gasteiger partial charge in [-0.25, -0.2) is 0 Å². The van der Waals surface area contributed by atoms with Crippen LogP contribution in [0.3, 0.4) is 0 Å². The minimum Gasteiger partial charge on any atom is -0.356 e. The summed E-state index contributed by atoms with van der Waals surface area (Å²) in [4.78, 5) is 12.1. The Morgan fingerprint density at radius 3 is 2.86 bits per heavy atom. The standard InChI is InChI=1S/C16H20N2OS.ClH/c19-16(12-5-8-17-9-6-12)18-10-7-13-11-20-15-4-2-1-3-14(13)15;/h1-4,11-12,17H,5-10H2,(H,18,19);1H. The molecule has 0 aliphatic carbocycles. The first-order valence-corrected chi connectivity index (χ1v) is 8.16. The maximum absolute atomic E-state index is 12.1. The van der Waals surface area contributed by atoms with Crippen molar-refractivity contribution in [1.29, 1.82) is 0 Å². The van der Waals surface area contributed by atoms with Crippen LogP contribution in [0.1, 0.15) is 18.4 Å². The van der Waals surface area contributed by atoms with Gasteiger partial charge in [0.15, 0.2) is 0 Å². The normalized spacial score (nSPS) is 15.6. The summed E-state index contributed by atoms with van der Waals surface area (Å²) in [6.45, 7) is 2.67. The van der Waals surface area contributed by atoms with Gasteiger partial charge in [0, 0.05) is 17.2 Å². The second-order valence-electron chi connectivity index (χ2n) is 5.32. The van der Waals surface area contributed by atoms with Crippen molar-refractivity contribution in [3.63, 3.8) is 0 Å². The number of amides is 1. The molecular formula is C16H21ClN2OS. The van der Waals surface area contributed by atoms with Crippen LogP contribution in [-0.4, -0.2) is 25.5 Å². The Morgan fingerprint density at radius 1 is 1.29 bits per heavy atom. The van der Waals surface area contributed by atoms with Crippen molar-refractivity contribution >= 4 is 39.7 Å². The van der Waals surface area contributed by atoms with Gasteiger partial charge in [0.2, 0.25) is 5.91 Å². The number of rotatable bonds is 4. The predicted molar refractivity (Wildman–Crippen MR) is 91.4 cm³/mol. The van der Waals surface area contributed by atoms with Crippen LogP contribution < -0.4 is 10.6 Å². The molecule has 3 nitrogen and oxygen atoms in total. The lowest BCUT2D eigenvalue weighted by Gasteiger charge is -2.21. The average Bonchev–Trinajstić information content (AvgIpc) is 2.92. The molecular weight excluding hydrogens is 304 g/mol. The second-order valence-corrected chi connectivity index (χ2v) is 6.23. The lowest BCUT2D eigenvalue weighted by Crippen LogP contribution is -2.38. The van der Waals surface area contributed by atoms with Gasteiger partial charge < -0.3 is 10.6 Å². The van der Waals surface area contributed by atoms with Gasteiger partial charge in [-0.3, -0.25) is 4.79 Å². The van der Waals surface area contributed by atoms with Gasteiger partial charge in [-0.05, 0) is 54.7 Å². The van der Waals surface area contributed by atoms with E-state index in [1.807, 2.05) is 0 Å². The van der Waals surface area contributed by atoms with Crippen LogP contribution in [0.4, 0.5) is 0 Å². The van der Waals surface area contributed by atoms with Crippen LogP contribution in [0.2, 0.25) is 0 Å². The Kier molecular flexibility index (Phi) is 6.03. The summed E-state index contributed by atoms with van der Waals surface area (Å²) in [6.07, 6.45) is 2.85. The summed E-state index contributed by atoms with van der Waals surface area (Å²) < 4.78 is 1.33. The highest BCUT2D eigenvalue weighted by Crippen LogP contribution is 2.25. The molecule has 2 aromatic rings. The number of fused-ring (bicyclic) bond motifs is 1. The number of halogens is 1. The van der Waals surface area contributed by atoms with E-state index in [0.717, 1.165) is 38.9 Å². The molecule has 0 radical (unpaired) electrons. The van der Waals surface area contributed by atoms with Crippen molar-refractivity contribution in [1.82, 2.24) is 10.6 Å². The third kappa shape index (κ3) is 3.96. The second kappa shape index (κ2) is 7.78. The van der Waals surface area contributed by atoms with E-state index >= 15 is 0 Å². The smallest absolute Gasteiger partial charge is 0.223 e. The van der Waals surface area contributed by atoms with Crippen molar-refractivity contribution in [2.45, 2.75) is 19.3 Å². The maximum Gasteiger partial charge on any atom is 0.223 e. The van der Waals surface area contributed by atoms with Gasteiger partial charge in [0.1, 0.15) is 0 Å². The summed E-state index contributed by atoms with van der Waals surface area (Å²) in [7, 11) is 0. The SMILES string of the molecule is Cl.O=C(NCCc1csc2ccccc12)C1CCNCC1. The molecule has 1 aliphatic rings. The summed E-state index contributed by atoms with van der Waals surface area (Å²) >= 11 is 1.78. The lowest BCUT2D eigenvalue weighted by atomic mass is 9.97. The van der Waals surface area contributed by atoms with Gasteiger partial charge in [0.05, 0.1) is 0 Å². The fourth-order valence-electron chi connectivity index (χ4n) is 2.78. The molecule has 1 aromatic carbocycles. The van der Waals surface area contributed by atoms with E-state index < -0.39 is 0 Å². The van der Waals surface area contributed by atoms with Gasteiger partial charge in [0.25, 0.3) is 0 Å². The van der Waals surface area contributed by atoms with Crippen LogP contribution in [0.5, 0.6) is 0 Å². The predicted octanol–water partition coefficient (Wildman–Crippen LogP) is 2.98. The van der Waals surface area contributed by atoms with Gasteiger partial charge in [-0.15, -0.1) is 23.7 Å². The third-order valence-corrected chi connectivity index (χ3v) is 4.98. The molecule has 114 valence electrons. The molecule has 0 spiro atoms. The van der Waals surface area contributed by atoms with Gasteiger partial charge >= 0.3 is 0 Å². The first-order chi connectivity index (χ1) is 9.84. The van der Waals surface area contributed by atoms with E-state index in [9.17, 15) is 4.79 Å². The number of hydrogen-bond donors (Lipinski definition) is 2. The first kappa shape index (κ1) is 16.3. The van der Waals surface area contributed by atoms with E-state index in [1.54, 1.807) is 11.3 Å². The molecule has 0 unspecified atom stereocenters. The van der Waals surface area contributed by atoms with Gasteiger partial charge in [-0.2, -0.15) is 0 Å². The number of carbonyl (C=O) groups is 1. The van der Waals surface area contributed by atoms with Crippen molar-refractivity contribution in [2.24, 2.45) is 5.92 Å². The van der Waals surface area contributed by atoms with E-state index in [4.69, 9.17) is 0 Å². The van der Waals surface area contributed by atoms with Crippen molar-refractivity contribution < 1.29 is 4.79 Å². The van der Waals surface area contributed by atoms with E-state index in [1.165, 1.54) is 15.6 Å². The molecule has 1 fully saturated rings. The average molecular weight is 325 g/mol. The zero-order valence-corrected chi connectivity index (χ0v) is 13.6. The van der Waals surface area contributed by atoms with Crippen LogP contribution in [0.25, 0.3) is 10.1 Å². The highest BCUT2D eigenvalue weighted by atomic mass is 35.5. The quantitative estimate of drug-likeness (QED) is 0.907. The third-order valence-electron chi connectivity index (χ3n) is 3.96. The molecule has 0 saturated carbocycles. The number of hydrogen-bond acceptors (Lipinski definition) is 3. The monoisotopic (exact) mass is 324 g/mol. The number of nitrogens with one attached hydrogen (secondary N) is 2. The fraction of sp³-hybridized carbons (Fsp3) is 0.438. The van der Waals surface area contributed by atoms with E-state index in [2.05, 4.69) is 40.3 Å². The number of carbonyl (C=O) groups excluding carboxylic acids is 1. The van der Waals surface area contributed by atoms with E-state index in [0.29, 0.717) is 0 Å². The summed E-state index contributed by atoms with van der Waals surface area (Å²) in [6, 6.07) is 8.46. The van der Waals surface area contributed by atoms with Crippen molar-refractivity contribution in [2.75, 3.05) is 19.6 Å². The maximum atomic E-state index is 12.1.